The molecule has 1 amide bonds. The van der Waals surface area contributed by atoms with Gasteiger partial charge in [-0.1, -0.05) is 12.1 Å². The van der Waals surface area contributed by atoms with Gasteiger partial charge in [0, 0.05) is 26.1 Å². The molecule has 2 unspecified atom stereocenters. The lowest BCUT2D eigenvalue weighted by Crippen LogP contribution is -2.37. The maximum Gasteiger partial charge on any atom is 0.307 e. The Balaban J connectivity index is 1.96. The lowest BCUT2D eigenvalue weighted by molar-refractivity contribution is -0.142. The van der Waals surface area contributed by atoms with E-state index in [-0.39, 0.29) is 36.0 Å². The number of carbonyl (C=O) groups is 2. The van der Waals surface area contributed by atoms with Crippen LogP contribution in [0.3, 0.4) is 0 Å². The van der Waals surface area contributed by atoms with Crippen molar-refractivity contribution in [2.45, 2.75) is 18.8 Å². The number of halogens is 1. The highest BCUT2D eigenvalue weighted by Crippen LogP contribution is 2.48. The summed E-state index contributed by atoms with van der Waals surface area (Å²) < 4.78 is 22.9. The first-order valence-corrected chi connectivity index (χ1v) is 7.66. The second-order valence-electron chi connectivity index (χ2n) is 5.65. The molecule has 0 aliphatic heterocycles. The SMILES string of the molecule is COCCN(CCC(=O)OC)C(=O)C1CC1c1cccc(F)c1. The summed E-state index contributed by atoms with van der Waals surface area (Å²) in [6, 6.07) is 6.37. The minimum Gasteiger partial charge on any atom is -0.469 e. The molecule has 1 saturated carbocycles. The van der Waals surface area contributed by atoms with Gasteiger partial charge in [0.15, 0.2) is 0 Å². The van der Waals surface area contributed by atoms with Gasteiger partial charge in [0.2, 0.25) is 5.91 Å². The van der Waals surface area contributed by atoms with E-state index < -0.39 is 0 Å². The molecule has 1 fully saturated rings. The molecule has 126 valence electrons. The van der Waals surface area contributed by atoms with Gasteiger partial charge in [-0.05, 0) is 30.0 Å². The smallest absolute Gasteiger partial charge is 0.307 e. The number of ether oxygens (including phenoxy) is 2. The maximum absolute atomic E-state index is 13.3. The second-order valence-corrected chi connectivity index (χ2v) is 5.65. The average molecular weight is 323 g/mol. The molecule has 1 aliphatic carbocycles. The number of benzene rings is 1. The summed E-state index contributed by atoms with van der Waals surface area (Å²) >= 11 is 0. The van der Waals surface area contributed by atoms with Crippen LogP contribution in [0.2, 0.25) is 0 Å². The van der Waals surface area contributed by atoms with Gasteiger partial charge in [0.05, 0.1) is 20.1 Å². The molecular formula is C17H22FNO4. The monoisotopic (exact) mass is 323 g/mol. The largest absolute Gasteiger partial charge is 0.469 e. The molecule has 0 N–H and O–H groups in total. The number of amides is 1. The van der Waals surface area contributed by atoms with E-state index in [1.165, 1.54) is 19.2 Å². The molecule has 0 radical (unpaired) electrons. The van der Waals surface area contributed by atoms with Crippen LogP contribution in [0.25, 0.3) is 0 Å². The van der Waals surface area contributed by atoms with Crippen LogP contribution in [0.15, 0.2) is 24.3 Å². The van der Waals surface area contributed by atoms with Crippen LogP contribution in [0.4, 0.5) is 4.39 Å². The first-order chi connectivity index (χ1) is 11.1. The number of esters is 1. The van der Waals surface area contributed by atoms with Crippen molar-refractivity contribution in [3.63, 3.8) is 0 Å². The number of carbonyl (C=O) groups excluding carboxylic acids is 2. The zero-order chi connectivity index (χ0) is 16.8. The van der Waals surface area contributed by atoms with Crippen LogP contribution in [0, 0.1) is 11.7 Å². The fourth-order valence-corrected chi connectivity index (χ4v) is 2.67. The van der Waals surface area contributed by atoms with Crippen LogP contribution in [0.5, 0.6) is 0 Å². The third-order valence-electron chi connectivity index (χ3n) is 4.07. The molecule has 2 atom stereocenters. The van der Waals surface area contributed by atoms with Gasteiger partial charge >= 0.3 is 5.97 Å². The summed E-state index contributed by atoms with van der Waals surface area (Å²) in [4.78, 5) is 25.5. The molecule has 5 nitrogen and oxygen atoms in total. The van der Waals surface area contributed by atoms with Crippen LogP contribution < -0.4 is 0 Å². The molecule has 0 saturated heterocycles. The Morgan fingerprint density at radius 1 is 1.30 bits per heavy atom. The molecule has 0 bridgehead atoms. The summed E-state index contributed by atoms with van der Waals surface area (Å²) in [5, 5.41) is 0. The lowest BCUT2D eigenvalue weighted by Gasteiger charge is -2.22. The highest BCUT2D eigenvalue weighted by atomic mass is 19.1. The standard InChI is InChI=1S/C17H22FNO4/c1-22-9-8-19(7-6-16(20)23-2)17(21)15-11-14(15)12-4-3-5-13(18)10-12/h3-5,10,14-15H,6-9,11H2,1-2H3. The lowest BCUT2D eigenvalue weighted by atomic mass is 10.1. The van der Waals surface area contributed by atoms with Crippen LogP contribution in [-0.4, -0.2) is 50.7 Å². The zero-order valence-electron chi connectivity index (χ0n) is 13.5. The quantitative estimate of drug-likeness (QED) is 0.686. The number of rotatable bonds is 8. The topological polar surface area (TPSA) is 55.8 Å². The van der Waals surface area contributed by atoms with Gasteiger partial charge in [-0.3, -0.25) is 9.59 Å². The minimum absolute atomic E-state index is 0.0137. The van der Waals surface area contributed by atoms with Crippen molar-refractivity contribution >= 4 is 11.9 Å². The van der Waals surface area contributed by atoms with Crippen molar-refractivity contribution < 1.29 is 23.5 Å². The third-order valence-corrected chi connectivity index (χ3v) is 4.07. The third kappa shape index (κ3) is 4.76. The molecule has 0 heterocycles. The molecule has 23 heavy (non-hydrogen) atoms. The van der Waals surface area contributed by atoms with E-state index in [9.17, 15) is 14.0 Å². The normalized spacial score (nSPS) is 19.3. The number of nitrogens with zero attached hydrogens (tertiary/aromatic N) is 1. The summed E-state index contributed by atoms with van der Waals surface area (Å²) in [7, 11) is 2.89. The van der Waals surface area contributed by atoms with E-state index >= 15 is 0 Å². The van der Waals surface area contributed by atoms with E-state index in [2.05, 4.69) is 4.74 Å². The Hall–Kier alpha value is -1.95. The van der Waals surface area contributed by atoms with Crippen molar-refractivity contribution in [1.82, 2.24) is 4.90 Å². The fourth-order valence-electron chi connectivity index (χ4n) is 2.67. The van der Waals surface area contributed by atoms with Crippen LogP contribution in [0.1, 0.15) is 24.3 Å². The summed E-state index contributed by atoms with van der Waals surface area (Å²) in [5.74, 6) is -0.742. The van der Waals surface area contributed by atoms with Gasteiger partial charge < -0.3 is 14.4 Å². The van der Waals surface area contributed by atoms with Crippen LogP contribution in [-0.2, 0) is 19.1 Å². The van der Waals surface area contributed by atoms with Crippen molar-refractivity contribution in [3.8, 4) is 0 Å². The van der Waals surface area contributed by atoms with Crippen molar-refractivity contribution in [1.29, 1.82) is 0 Å². The Kier molecular flexibility index (Phi) is 6.10. The molecule has 1 aromatic rings. The van der Waals surface area contributed by atoms with Crippen molar-refractivity contribution in [2.75, 3.05) is 33.9 Å². The second kappa shape index (κ2) is 8.06. The van der Waals surface area contributed by atoms with Crippen molar-refractivity contribution in [2.24, 2.45) is 5.92 Å². The summed E-state index contributed by atoms with van der Waals surface area (Å²) in [6.45, 7) is 1.14. The Morgan fingerprint density at radius 2 is 2.09 bits per heavy atom. The molecule has 1 aliphatic rings. The fraction of sp³-hybridized carbons (Fsp3) is 0.529. The predicted molar refractivity (Wildman–Crippen MR) is 82.3 cm³/mol. The molecular weight excluding hydrogens is 301 g/mol. The van der Waals surface area contributed by atoms with Gasteiger partial charge in [-0.25, -0.2) is 4.39 Å². The van der Waals surface area contributed by atoms with E-state index in [4.69, 9.17) is 4.74 Å². The highest BCUT2D eigenvalue weighted by molar-refractivity contribution is 5.83. The molecule has 2 rings (SSSR count). The predicted octanol–water partition coefficient (Wildman–Crippen LogP) is 1.97. The molecule has 0 aromatic heterocycles. The zero-order valence-corrected chi connectivity index (χ0v) is 13.5. The highest BCUT2D eigenvalue weighted by Gasteiger charge is 2.45. The van der Waals surface area contributed by atoms with Gasteiger partial charge in [0.25, 0.3) is 0 Å². The van der Waals surface area contributed by atoms with E-state index in [1.54, 1.807) is 18.1 Å². The molecule has 6 heteroatoms. The first kappa shape index (κ1) is 17.4. The summed E-state index contributed by atoms with van der Waals surface area (Å²) in [6.07, 6.45) is 0.868. The van der Waals surface area contributed by atoms with Crippen LogP contribution >= 0.6 is 0 Å². The Labute approximate surface area is 135 Å². The van der Waals surface area contributed by atoms with E-state index in [0.29, 0.717) is 26.1 Å². The van der Waals surface area contributed by atoms with Gasteiger partial charge in [-0.2, -0.15) is 0 Å². The van der Waals surface area contributed by atoms with Gasteiger partial charge in [-0.15, -0.1) is 0 Å². The average Bonchev–Trinajstić information content (AvgIpc) is 3.34. The Morgan fingerprint density at radius 3 is 2.74 bits per heavy atom. The number of hydrogen-bond acceptors (Lipinski definition) is 4. The van der Waals surface area contributed by atoms with E-state index in [0.717, 1.165) is 5.56 Å². The maximum atomic E-state index is 13.3. The molecule has 0 spiro atoms. The summed E-state index contributed by atoms with van der Waals surface area (Å²) in [5.41, 5.74) is 0.850. The van der Waals surface area contributed by atoms with E-state index in [1.807, 2.05) is 6.07 Å². The Bertz CT molecular complexity index is 563. The number of methoxy groups -OCH3 is 2. The van der Waals surface area contributed by atoms with Gasteiger partial charge in [0.1, 0.15) is 5.82 Å². The first-order valence-electron chi connectivity index (χ1n) is 7.66. The molecule has 1 aromatic carbocycles. The minimum atomic E-state index is -0.349. The number of hydrogen-bond donors (Lipinski definition) is 0. The van der Waals surface area contributed by atoms with Crippen molar-refractivity contribution in [3.05, 3.63) is 35.6 Å².